The largest absolute Gasteiger partial charge is 0.312 e. The molecule has 0 spiro atoms. The average Bonchev–Trinajstić information content (AvgIpc) is 3.34. The Kier molecular flexibility index (Phi) is 6.17. The van der Waals surface area contributed by atoms with Gasteiger partial charge in [-0.15, -0.1) is 5.38 Å². The van der Waals surface area contributed by atoms with E-state index in [1.165, 1.54) is 34.8 Å². The van der Waals surface area contributed by atoms with E-state index in [4.69, 9.17) is 9.54 Å². The van der Waals surface area contributed by atoms with Gasteiger partial charge in [-0.2, -0.15) is 20.6 Å². The normalized spacial score (nSPS) is 11.6. The van der Waals surface area contributed by atoms with E-state index in [0.717, 1.165) is 16.1 Å². The molecule has 1 aliphatic rings. The van der Waals surface area contributed by atoms with Crippen LogP contribution in [0.3, 0.4) is 0 Å². The van der Waals surface area contributed by atoms with Crippen molar-refractivity contribution in [3.63, 3.8) is 0 Å². The Balaban J connectivity index is 0.000000178. The van der Waals surface area contributed by atoms with Crippen LogP contribution in [-0.4, -0.2) is 22.9 Å². The van der Waals surface area contributed by atoms with E-state index in [9.17, 15) is 8.42 Å². The molecule has 0 saturated carbocycles. The maximum Gasteiger partial charge on any atom is 0.312 e. The predicted molar refractivity (Wildman–Crippen MR) is 107 cm³/mol. The van der Waals surface area contributed by atoms with Gasteiger partial charge in [0.05, 0.1) is 5.52 Å². The predicted octanol–water partition coefficient (Wildman–Crippen LogP) is 4.57. The molecule has 3 aromatic heterocycles. The average molecular weight is 586 g/mol. The molecule has 0 saturated heterocycles. The quantitative estimate of drug-likeness (QED) is 0.243. The van der Waals surface area contributed by atoms with Gasteiger partial charge >= 0.3 is 10.1 Å². The van der Waals surface area contributed by atoms with Crippen molar-refractivity contribution in [3.05, 3.63) is 77.3 Å². The minimum Gasteiger partial charge on any atom is -0.310 e. The van der Waals surface area contributed by atoms with Gasteiger partial charge in [-0.3, -0.25) is 4.55 Å². The smallest absolute Gasteiger partial charge is 0.310 e. The number of pyridine rings is 2. The summed E-state index contributed by atoms with van der Waals surface area (Å²) in [6.45, 7) is 0. The van der Waals surface area contributed by atoms with Gasteiger partial charge in [0.1, 0.15) is 0 Å². The molecule has 28 heavy (non-hydrogen) atoms. The van der Waals surface area contributed by atoms with E-state index in [2.05, 4.69) is 47.5 Å². The molecule has 1 radical (unpaired) electrons. The maximum atomic E-state index is 10.3. The summed E-state index contributed by atoms with van der Waals surface area (Å²) in [4.78, 5) is 9.24. The van der Waals surface area contributed by atoms with Gasteiger partial charge in [-0.05, 0) is 35.0 Å². The number of rotatable bonds is 2. The SMILES string of the molecule is O=S(=O)(O)c1ccccn1.[Ir].[c-]1ccsc1-c1cc2c3c(cccc3n1)C=C2. The number of thiophene rings is 1. The Morgan fingerprint density at radius 1 is 1.04 bits per heavy atom. The molecule has 5 nitrogen and oxygen atoms in total. The molecule has 0 atom stereocenters. The summed E-state index contributed by atoms with van der Waals surface area (Å²) < 4.78 is 29.1. The molecule has 1 aromatic carbocycles. The van der Waals surface area contributed by atoms with Crippen LogP contribution >= 0.6 is 11.3 Å². The molecule has 8 heteroatoms. The first kappa shape index (κ1) is 20.5. The first-order valence-corrected chi connectivity index (χ1v) is 10.3. The van der Waals surface area contributed by atoms with Crippen LogP contribution in [0.15, 0.2) is 65.1 Å². The third-order valence-corrected chi connectivity index (χ3v) is 5.55. The maximum absolute atomic E-state index is 10.3. The van der Waals surface area contributed by atoms with E-state index < -0.39 is 10.1 Å². The van der Waals surface area contributed by atoms with Crippen LogP contribution < -0.4 is 0 Å². The summed E-state index contributed by atoms with van der Waals surface area (Å²) in [5, 5.41) is 2.98. The van der Waals surface area contributed by atoms with Gasteiger partial charge in [0.25, 0.3) is 0 Å². The number of nitrogens with zero attached hydrogens (tertiary/aromatic N) is 2. The standard InChI is InChI=1S/C15H8NS.C5H5NO3S.Ir/c1-3-10-6-7-11-9-13(14-5-2-8-17-14)16-12(4-1)15(10)11;7-10(8,9)5-3-1-2-4-6-5;/h1-4,6-9H;1-4H,(H,7,8,9);/q-1;;. The summed E-state index contributed by atoms with van der Waals surface area (Å²) in [7, 11) is -4.11. The Labute approximate surface area is 179 Å². The van der Waals surface area contributed by atoms with Crippen molar-refractivity contribution < 1.29 is 33.1 Å². The molecule has 0 bridgehead atoms. The molecule has 3 heterocycles. The summed E-state index contributed by atoms with van der Waals surface area (Å²) in [5.41, 5.74) is 4.63. The van der Waals surface area contributed by atoms with Gasteiger partial charge in [0.15, 0.2) is 5.03 Å². The molecule has 0 amide bonds. The first-order valence-electron chi connectivity index (χ1n) is 7.98. The van der Waals surface area contributed by atoms with E-state index >= 15 is 0 Å². The van der Waals surface area contributed by atoms with Crippen molar-refractivity contribution in [2.75, 3.05) is 0 Å². The first-order chi connectivity index (χ1) is 13.0. The second-order valence-electron chi connectivity index (χ2n) is 5.71. The van der Waals surface area contributed by atoms with Crippen LogP contribution in [0.1, 0.15) is 11.1 Å². The topological polar surface area (TPSA) is 80.2 Å². The van der Waals surface area contributed by atoms with E-state index in [1.807, 2.05) is 11.4 Å². The fourth-order valence-corrected chi connectivity index (χ4v) is 3.87. The second kappa shape index (κ2) is 8.43. The third kappa shape index (κ3) is 4.27. The van der Waals surface area contributed by atoms with Crippen molar-refractivity contribution in [2.45, 2.75) is 5.03 Å². The van der Waals surface area contributed by atoms with Gasteiger partial charge in [0, 0.05) is 31.7 Å². The number of benzene rings is 1. The fraction of sp³-hybridized carbons (Fsp3) is 0. The van der Waals surface area contributed by atoms with Crippen molar-refractivity contribution in [1.29, 1.82) is 0 Å². The Morgan fingerprint density at radius 2 is 1.86 bits per heavy atom. The van der Waals surface area contributed by atoms with Crippen molar-refractivity contribution >= 4 is 44.5 Å². The van der Waals surface area contributed by atoms with Crippen molar-refractivity contribution in [3.8, 4) is 10.6 Å². The second-order valence-corrected chi connectivity index (χ2v) is 7.99. The van der Waals surface area contributed by atoms with Crippen LogP contribution in [0.2, 0.25) is 0 Å². The molecule has 4 aromatic rings. The van der Waals surface area contributed by atoms with E-state index in [1.54, 1.807) is 17.4 Å². The third-order valence-electron chi connectivity index (χ3n) is 3.94. The zero-order valence-electron chi connectivity index (χ0n) is 14.2. The minimum atomic E-state index is -4.11. The van der Waals surface area contributed by atoms with Gasteiger partial charge < -0.3 is 4.98 Å². The molecular weight excluding hydrogens is 573 g/mol. The number of aromatic nitrogens is 2. The summed E-state index contributed by atoms with van der Waals surface area (Å²) >= 11 is 1.68. The summed E-state index contributed by atoms with van der Waals surface area (Å²) in [6.07, 6.45) is 5.61. The van der Waals surface area contributed by atoms with Crippen LogP contribution in [0, 0.1) is 6.07 Å². The number of hydrogen-bond donors (Lipinski definition) is 1. The molecular formula is C20H13IrN2O3S2-. The van der Waals surface area contributed by atoms with E-state index in [0.29, 0.717) is 0 Å². The zero-order chi connectivity index (χ0) is 18.9. The fourth-order valence-electron chi connectivity index (χ4n) is 2.79. The van der Waals surface area contributed by atoms with Crippen molar-refractivity contribution in [1.82, 2.24) is 9.97 Å². The van der Waals surface area contributed by atoms with Crippen LogP contribution in [0.5, 0.6) is 0 Å². The molecule has 5 rings (SSSR count). The van der Waals surface area contributed by atoms with Crippen LogP contribution in [0.4, 0.5) is 0 Å². The summed E-state index contributed by atoms with van der Waals surface area (Å²) in [5.74, 6) is 0. The Bertz CT molecular complexity index is 1240. The molecule has 0 unspecified atom stereocenters. The van der Waals surface area contributed by atoms with Gasteiger partial charge in [-0.1, -0.05) is 41.3 Å². The van der Waals surface area contributed by atoms with Crippen molar-refractivity contribution in [2.24, 2.45) is 0 Å². The molecule has 143 valence electrons. The minimum absolute atomic E-state index is 0. The molecule has 1 aliphatic carbocycles. The van der Waals surface area contributed by atoms with Gasteiger partial charge in [-0.25, -0.2) is 16.3 Å². The van der Waals surface area contributed by atoms with Gasteiger partial charge in [0.2, 0.25) is 0 Å². The Hall–Kier alpha value is -2.22. The van der Waals surface area contributed by atoms with Crippen LogP contribution in [-0.2, 0) is 30.2 Å². The molecule has 0 aliphatic heterocycles. The number of hydrogen-bond acceptors (Lipinski definition) is 5. The van der Waals surface area contributed by atoms with E-state index in [-0.39, 0.29) is 25.1 Å². The zero-order valence-corrected chi connectivity index (χ0v) is 18.3. The van der Waals surface area contributed by atoms with Crippen LogP contribution in [0.25, 0.3) is 33.6 Å². The summed E-state index contributed by atoms with van der Waals surface area (Å²) in [6, 6.07) is 17.8. The Morgan fingerprint density at radius 3 is 2.50 bits per heavy atom. The molecule has 0 fully saturated rings. The monoisotopic (exact) mass is 586 g/mol. The molecule has 1 N–H and O–H groups in total.